The number of rotatable bonds is 1. The van der Waals surface area contributed by atoms with Crippen LogP contribution >= 0.6 is 0 Å². The number of halogens is 3. The van der Waals surface area contributed by atoms with E-state index in [9.17, 15) is 18.0 Å². The van der Waals surface area contributed by atoms with Crippen molar-refractivity contribution >= 4 is 17.9 Å². The summed E-state index contributed by atoms with van der Waals surface area (Å²) in [5.41, 5.74) is 0.481. The lowest BCUT2D eigenvalue weighted by Crippen LogP contribution is -2.15. The van der Waals surface area contributed by atoms with Gasteiger partial charge in [0, 0.05) is 17.3 Å². The van der Waals surface area contributed by atoms with Crippen LogP contribution in [0.15, 0.2) is 29.3 Å². The van der Waals surface area contributed by atoms with E-state index in [1.165, 1.54) is 18.3 Å². The standard InChI is InChI=1S/C14H10F3N3O/c1-8-12(19-20-11(21)5-6-18-13(8)20)9-3-2-4-10(7-9)14(15,16)17/h2-4,6-7H,5H2,1H3. The Morgan fingerprint density at radius 1 is 1.29 bits per heavy atom. The number of aliphatic imine (C=N–C) groups is 1. The maximum absolute atomic E-state index is 12.8. The Balaban J connectivity index is 2.14. The van der Waals surface area contributed by atoms with Gasteiger partial charge in [-0.3, -0.25) is 4.79 Å². The van der Waals surface area contributed by atoms with Gasteiger partial charge < -0.3 is 0 Å². The number of nitrogens with zero attached hydrogens (tertiary/aromatic N) is 3. The largest absolute Gasteiger partial charge is 0.416 e. The molecule has 7 heteroatoms. The maximum Gasteiger partial charge on any atom is 0.416 e. The van der Waals surface area contributed by atoms with Gasteiger partial charge in [-0.05, 0) is 19.1 Å². The average Bonchev–Trinajstić information content (AvgIpc) is 2.77. The van der Waals surface area contributed by atoms with Gasteiger partial charge in [-0.1, -0.05) is 12.1 Å². The highest BCUT2D eigenvalue weighted by Crippen LogP contribution is 2.35. The molecule has 0 N–H and O–H groups in total. The van der Waals surface area contributed by atoms with E-state index in [0.717, 1.165) is 16.8 Å². The van der Waals surface area contributed by atoms with Gasteiger partial charge in [0.05, 0.1) is 17.7 Å². The molecule has 1 aliphatic heterocycles. The van der Waals surface area contributed by atoms with E-state index in [2.05, 4.69) is 10.1 Å². The number of carbonyl (C=O) groups is 1. The van der Waals surface area contributed by atoms with Crippen LogP contribution in [-0.2, 0) is 6.18 Å². The molecule has 0 amide bonds. The lowest BCUT2D eigenvalue weighted by atomic mass is 10.1. The summed E-state index contributed by atoms with van der Waals surface area (Å²) in [6.45, 7) is 1.68. The van der Waals surface area contributed by atoms with Crippen molar-refractivity contribution in [2.75, 3.05) is 0 Å². The van der Waals surface area contributed by atoms with Gasteiger partial charge in [0.25, 0.3) is 5.91 Å². The number of benzene rings is 1. The number of hydrogen-bond acceptors (Lipinski definition) is 3. The number of fused-ring (bicyclic) bond motifs is 1. The third-order valence-electron chi connectivity index (χ3n) is 3.27. The molecule has 1 aromatic carbocycles. The summed E-state index contributed by atoms with van der Waals surface area (Å²) in [7, 11) is 0. The van der Waals surface area contributed by atoms with E-state index in [1.807, 2.05) is 0 Å². The van der Waals surface area contributed by atoms with Crippen molar-refractivity contribution in [3.63, 3.8) is 0 Å². The predicted molar refractivity (Wildman–Crippen MR) is 70.8 cm³/mol. The van der Waals surface area contributed by atoms with Crippen LogP contribution in [0.1, 0.15) is 22.3 Å². The van der Waals surface area contributed by atoms with E-state index in [0.29, 0.717) is 22.6 Å². The summed E-state index contributed by atoms with van der Waals surface area (Å²) in [6, 6.07) is 4.87. The first-order valence-corrected chi connectivity index (χ1v) is 6.21. The van der Waals surface area contributed by atoms with E-state index in [4.69, 9.17) is 0 Å². The Morgan fingerprint density at radius 3 is 2.71 bits per heavy atom. The Labute approximate surface area is 117 Å². The second kappa shape index (κ2) is 4.54. The summed E-state index contributed by atoms with van der Waals surface area (Å²) >= 11 is 0. The highest BCUT2D eigenvalue weighted by Gasteiger charge is 2.31. The van der Waals surface area contributed by atoms with E-state index >= 15 is 0 Å². The minimum atomic E-state index is -4.42. The van der Waals surface area contributed by atoms with Crippen LogP contribution in [-0.4, -0.2) is 21.9 Å². The molecule has 0 fully saturated rings. The zero-order valence-electron chi connectivity index (χ0n) is 11.0. The highest BCUT2D eigenvalue weighted by atomic mass is 19.4. The Bertz CT molecular complexity index is 759. The molecule has 0 saturated heterocycles. The molecule has 0 spiro atoms. The fraction of sp³-hybridized carbons (Fsp3) is 0.214. The molecule has 4 nitrogen and oxygen atoms in total. The van der Waals surface area contributed by atoms with Crippen molar-refractivity contribution < 1.29 is 18.0 Å². The number of hydrogen-bond donors (Lipinski definition) is 0. The smallest absolute Gasteiger partial charge is 0.272 e. The molecule has 108 valence electrons. The molecule has 0 bridgehead atoms. The molecule has 0 aliphatic carbocycles. The quantitative estimate of drug-likeness (QED) is 0.806. The second-order valence-corrected chi connectivity index (χ2v) is 4.70. The van der Waals surface area contributed by atoms with Gasteiger partial charge in [0.2, 0.25) is 0 Å². The maximum atomic E-state index is 12.8. The molecule has 3 rings (SSSR count). The van der Waals surface area contributed by atoms with Crippen LogP contribution in [0.5, 0.6) is 0 Å². The molecule has 1 aromatic heterocycles. The Hall–Kier alpha value is -2.44. The fourth-order valence-corrected chi connectivity index (χ4v) is 2.23. The highest BCUT2D eigenvalue weighted by molar-refractivity contribution is 5.97. The molecule has 0 saturated carbocycles. The lowest BCUT2D eigenvalue weighted by molar-refractivity contribution is -0.137. The minimum Gasteiger partial charge on any atom is -0.272 e. The molecular formula is C14H10F3N3O. The van der Waals surface area contributed by atoms with Crippen LogP contribution < -0.4 is 0 Å². The normalized spacial score (nSPS) is 14.4. The van der Waals surface area contributed by atoms with Gasteiger partial charge in [-0.25, -0.2) is 4.99 Å². The summed E-state index contributed by atoms with van der Waals surface area (Å²) in [5.74, 6) is 0.125. The fourth-order valence-electron chi connectivity index (χ4n) is 2.23. The van der Waals surface area contributed by atoms with Gasteiger partial charge >= 0.3 is 6.18 Å². The minimum absolute atomic E-state index is 0.135. The predicted octanol–water partition coefficient (Wildman–Crippen LogP) is 3.62. The van der Waals surface area contributed by atoms with Gasteiger partial charge in [-0.15, -0.1) is 0 Å². The first kappa shape index (κ1) is 13.5. The summed E-state index contributed by atoms with van der Waals surface area (Å²) in [6.07, 6.45) is -2.81. The van der Waals surface area contributed by atoms with Crippen molar-refractivity contribution in [1.82, 2.24) is 9.78 Å². The van der Waals surface area contributed by atoms with Crippen LogP contribution in [0.4, 0.5) is 19.0 Å². The van der Waals surface area contributed by atoms with Gasteiger partial charge in [0.1, 0.15) is 0 Å². The molecule has 1 aliphatic rings. The van der Waals surface area contributed by atoms with Crippen LogP contribution in [0.25, 0.3) is 11.3 Å². The summed E-state index contributed by atoms with van der Waals surface area (Å²) in [4.78, 5) is 15.8. The van der Waals surface area contributed by atoms with Crippen molar-refractivity contribution in [3.05, 3.63) is 35.4 Å². The average molecular weight is 293 g/mol. The monoisotopic (exact) mass is 293 g/mol. The van der Waals surface area contributed by atoms with E-state index < -0.39 is 11.7 Å². The Kier molecular flexibility index (Phi) is 2.93. The molecular weight excluding hydrogens is 283 g/mol. The first-order valence-electron chi connectivity index (χ1n) is 6.21. The molecule has 2 aromatic rings. The van der Waals surface area contributed by atoms with Gasteiger partial charge in [-0.2, -0.15) is 23.0 Å². The number of carbonyl (C=O) groups excluding carboxylic acids is 1. The number of alkyl halides is 3. The topological polar surface area (TPSA) is 47.2 Å². The van der Waals surface area contributed by atoms with Crippen molar-refractivity contribution in [1.29, 1.82) is 0 Å². The SMILES string of the molecule is Cc1c(-c2cccc(C(F)(F)F)c2)nn2c1N=CCC2=O. The second-order valence-electron chi connectivity index (χ2n) is 4.70. The van der Waals surface area contributed by atoms with Crippen LogP contribution in [0.3, 0.4) is 0 Å². The first-order chi connectivity index (χ1) is 9.88. The third-order valence-corrected chi connectivity index (χ3v) is 3.27. The molecule has 2 heterocycles. The van der Waals surface area contributed by atoms with Crippen LogP contribution in [0, 0.1) is 6.92 Å². The van der Waals surface area contributed by atoms with Crippen molar-refractivity contribution in [2.45, 2.75) is 19.5 Å². The molecule has 21 heavy (non-hydrogen) atoms. The molecule has 0 atom stereocenters. The molecule has 0 unspecified atom stereocenters. The lowest BCUT2D eigenvalue weighted by Gasteiger charge is -2.07. The van der Waals surface area contributed by atoms with Crippen molar-refractivity contribution in [2.24, 2.45) is 4.99 Å². The van der Waals surface area contributed by atoms with Gasteiger partial charge in [0.15, 0.2) is 5.82 Å². The Morgan fingerprint density at radius 2 is 2.05 bits per heavy atom. The van der Waals surface area contributed by atoms with Crippen LogP contribution in [0.2, 0.25) is 0 Å². The van der Waals surface area contributed by atoms with E-state index in [1.54, 1.807) is 6.92 Å². The van der Waals surface area contributed by atoms with E-state index in [-0.39, 0.29) is 12.3 Å². The zero-order valence-corrected chi connectivity index (χ0v) is 11.0. The summed E-state index contributed by atoms with van der Waals surface area (Å²) in [5, 5.41) is 4.11. The zero-order chi connectivity index (χ0) is 15.2. The summed E-state index contributed by atoms with van der Waals surface area (Å²) < 4.78 is 39.5. The van der Waals surface area contributed by atoms with Crippen molar-refractivity contribution in [3.8, 4) is 11.3 Å². The molecule has 0 radical (unpaired) electrons. The number of aromatic nitrogens is 2. The third kappa shape index (κ3) is 2.24.